The lowest BCUT2D eigenvalue weighted by Crippen LogP contribution is -2.24. The number of nitrogens with two attached hydrogens (primary N) is 1. The maximum absolute atomic E-state index is 12.1. The van der Waals surface area contributed by atoms with Gasteiger partial charge in [-0.2, -0.15) is 0 Å². The molecule has 1 heterocycles. The van der Waals surface area contributed by atoms with Gasteiger partial charge in [-0.1, -0.05) is 18.1 Å². The van der Waals surface area contributed by atoms with Crippen molar-refractivity contribution in [2.45, 2.75) is 13.5 Å². The van der Waals surface area contributed by atoms with Crippen molar-refractivity contribution < 1.29 is 9.53 Å². The second-order valence-electron chi connectivity index (χ2n) is 4.48. The third-order valence-electron chi connectivity index (χ3n) is 2.92. The Morgan fingerprint density at radius 3 is 3.00 bits per heavy atom. The molecule has 0 radical (unpaired) electrons. The van der Waals surface area contributed by atoms with Crippen LogP contribution in [0.4, 0.5) is 5.82 Å². The molecule has 2 aromatic rings. The lowest BCUT2D eigenvalue weighted by atomic mass is 10.2. The van der Waals surface area contributed by atoms with E-state index in [1.807, 2.05) is 24.3 Å². The number of aromatic nitrogens is 1. The summed E-state index contributed by atoms with van der Waals surface area (Å²) in [6.45, 7) is 2.49. The van der Waals surface area contributed by atoms with E-state index in [2.05, 4.69) is 22.1 Å². The number of anilines is 1. The monoisotopic (exact) mass is 295 g/mol. The average Bonchev–Trinajstić information content (AvgIpc) is 2.54. The van der Waals surface area contributed by atoms with Crippen LogP contribution in [0, 0.1) is 11.8 Å². The molecular formula is C17H17N3O2. The molecule has 0 atom stereocenters. The van der Waals surface area contributed by atoms with Crippen LogP contribution in [0.1, 0.15) is 22.8 Å². The predicted octanol–water partition coefficient (Wildman–Crippen LogP) is 2.00. The van der Waals surface area contributed by atoms with Crippen LogP contribution in [0.2, 0.25) is 0 Å². The Labute approximate surface area is 129 Å². The summed E-state index contributed by atoms with van der Waals surface area (Å²) >= 11 is 0. The first-order valence-corrected chi connectivity index (χ1v) is 6.80. The molecule has 5 nitrogen and oxygen atoms in total. The minimum Gasteiger partial charge on any atom is -0.481 e. The van der Waals surface area contributed by atoms with Gasteiger partial charge in [0.2, 0.25) is 0 Å². The zero-order valence-electron chi connectivity index (χ0n) is 12.3. The second-order valence-corrected chi connectivity index (χ2v) is 4.48. The smallest absolute Gasteiger partial charge is 0.255 e. The summed E-state index contributed by atoms with van der Waals surface area (Å²) in [4.78, 5) is 15.9. The minimum atomic E-state index is -0.256. The number of nitrogens with one attached hydrogen (secondary N) is 1. The fourth-order valence-corrected chi connectivity index (χ4v) is 1.82. The van der Waals surface area contributed by atoms with Crippen LogP contribution in [0.3, 0.4) is 0 Å². The Balaban J connectivity index is 1.96. The molecule has 0 aliphatic carbocycles. The summed E-state index contributed by atoms with van der Waals surface area (Å²) in [5, 5.41) is 2.81. The molecule has 0 aliphatic heterocycles. The summed E-state index contributed by atoms with van der Waals surface area (Å²) in [6.07, 6.45) is 1.55. The fourth-order valence-electron chi connectivity index (χ4n) is 1.82. The number of pyridine rings is 1. The summed E-state index contributed by atoms with van der Waals surface area (Å²) in [5.74, 6) is 6.28. The fraction of sp³-hybridized carbons (Fsp3) is 0.176. The lowest BCUT2D eigenvalue weighted by molar-refractivity contribution is 0.0951. The van der Waals surface area contributed by atoms with Crippen molar-refractivity contribution in [1.82, 2.24) is 10.3 Å². The third-order valence-corrected chi connectivity index (χ3v) is 2.92. The van der Waals surface area contributed by atoms with Crippen LogP contribution >= 0.6 is 0 Å². The number of hydrogen-bond acceptors (Lipinski definition) is 4. The lowest BCUT2D eigenvalue weighted by Gasteiger charge is -2.08. The summed E-state index contributed by atoms with van der Waals surface area (Å²) in [7, 11) is 0. The highest BCUT2D eigenvalue weighted by Crippen LogP contribution is 2.13. The van der Waals surface area contributed by atoms with E-state index in [1.165, 1.54) is 0 Å². The number of nitrogens with zero attached hydrogens (tertiary/aromatic N) is 1. The molecule has 1 amide bonds. The highest BCUT2D eigenvalue weighted by molar-refractivity contribution is 5.98. The van der Waals surface area contributed by atoms with Gasteiger partial charge in [0.05, 0.1) is 5.56 Å². The van der Waals surface area contributed by atoms with Crippen molar-refractivity contribution in [3.63, 3.8) is 0 Å². The van der Waals surface area contributed by atoms with E-state index in [9.17, 15) is 4.79 Å². The van der Waals surface area contributed by atoms with Crippen molar-refractivity contribution in [2.75, 3.05) is 12.3 Å². The van der Waals surface area contributed by atoms with Crippen molar-refractivity contribution in [3.8, 4) is 17.6 Å². The minimum absolute atomic E-state index is 0.218. The highest BCUT2D eigenvalue weighted by Gasteiger charge is 2.09. The molecule has 2 rings (SSSR count). The van der Waals surface area contributed by atoms with Crippen LogP contribution in [0.25, 0.3) is 0 Å². The Hall–Kier alpha value is -3.00. The molecule has 0 saturated carbocycles. The standard InChI is InChI=1S/C17H17N3O2/c1-2-3-10-22-14-7-4-6-13(11-14)12-20-17(21)15-8-5-9-19-16(15)18/h4-9,11H,10,12H2,1H3,(H2,18,19)(H,20,21). The maximum atomic E-state index is 12.1. The predicted molar refractivity (Wildman–Crippen MR) is 85.2 cm³/mol. The quantitative estimate of drug-likeness (QED) is 0.827. The molecule has 22 heavy (non-hydrogen) atoms. The number of amides is 1. The summed E-state index contributed by atoms with van der Waals surface area (Å²) in [6, 6.07) is 10.8. The number of carbonyl (C=O) groups is 1. The van der Waals surface area contributed by atoms with Crippen LogP contribution in [0.15, 0.2) is 42.6 Å². The van der Waals surface area contributed by atoms with Crippen LogP contribution in [0.5, 0.6) is 5.75 Å². The van der Waals surface area contributed by atoms with E-state index >= 15 is 0 Å². The van der Waals surface area contributed by atoms with Gasteiger partial charge in [-0.05, 0) is 36.8 Å². The van der Waals surface area contributed by atoms with E-state index < -0.39 is 0 Å². The van der Waals surface area contributed by atoms with Crippen LogP contribution in [-0.4, -0.2) is 17.5 Å². The highest BCUT2D eigenvalue weighted by atomic mass is 16.5. The van der Waals surface area contributed by atoms with Crippen LogP contribution < -0.4 is 15.8 Å². The number of hydrogen-bond donors (Lipinski definition) is 2. The number of rotatable bonds is 5. The zero-order valence-corrected chi connectivity index (χ0v) is 12.3. The molecule has 1 aromatic heterocycles. The van der Waals surface area contributed by atoms with Gasteiger partial charge in [0, 0.05) is 12.7 Å². The van der Waals surface area contributed by atoms with Crippen molar-refractivity contribution in [2.24, 2.45) is 0 Å². The molecule has 0 saturated heterocycles. The number of nitrogen functional groups attached to an aromatic ring is 1. The van der Waals surface area contributed by atoms with Gasteiger partial charge >= 0.3 is 0 Å². The Morgan fingerprint density at radius 2 is 2.23 bits per heavy atom. The molecule has 1 aromatic carbocycles. The van der Waals surface area contributed by atoms with Crippen molar-refractivity contribution in [1.29, 1.82) is 0 Å². The topological polar surface area (TPSA) is 77.2 Å². The summed E-state index contributed by atoms with van der Waals surface area (Å²) in [5.41, 5.74) is 6.97. The molecule has 0 unspecified atom stereocenters. The normalized spacial score (nSPS) is 9.50. The molecule has 0 spiro atoms. The first-order chi connectivity index (χ1) is 10.7. The van der Waals surface area contributed by atoms with Gasteiger partial charge in [-0.3, -0.25) is 4.79 Å². The largest absolute Gasteiger partial charge is 0.481 e. The van der Waals surface area contributed by atoms with E-state index in [0.29, 0.717) is 18.7 Å². The van der Waals surface area contributed by atoms with E-state index in [0.717, 1.165) is 11.3 Å². The first-order valence-electron chi connectivity index (χ1n) is 6.80. The van der Waals surface area contributed by atoms with E-state index in [4.69, 9.17) is 10.5 Å². The molecule has 0 bridgehead atoms. The molecule has 112 valence electrons. The zero-order chi connectivity index (χ0) is 15.8. The van der Waals surface area contributed by atoms with Crippen LogP contribution in [-0.2, 0) is 6.54 Å². The van der Waals surface area contributed by atoms with Gasteiger partial charge in [-0.15, -0.1) is 5.92 Å². The van der Waals surface area contributed by atoms with Gasteiger partial charge in [0.1, 0.15) is 18.2 Å². The van der Waals surface area contributed by atoms with Gasteiger partial charge in [-0.25, -0.2) is 4.98 Å². The average molecular weight is 295 g/mol. The van der Waals surface area contributed by atoms with Crippen molar-refractivity contribution >= 4 is 11.7 Å². The second kappa shape index (κ2) is 7.70. The Bertz CT molecular complexity index is 717. The van der Waals surface area contributed by atoms with Gasteiger partial charge < -0.3 is 15.8 Å². The van der Waals surface area contributed by atoms with E-state index in [1.54, 1.807) is 25.3 Å². The Kier molecular flexibility index (Phi) is 5.38. The van der Waals surface area contributed by atoms with Gasteiger partial charge in [0.15, 0.2) is 0 Å². The summed E-state index contributed by atoms with van der Waals surface area (Å²) < 4.78 is 5.48. The molecule has 3 N–H and O–H groups in total. The van der Waals surface area contributed by atoms with Gasteiger partial charge in [0.25, 0.3) is 5.91 Å². The first kappa shape index (κ1) is 15.4. The van der Waals surface area contributed by atoms with E-state index in [-0.39, 0.29) is 11.7 Å². The number of benzene rings is 1. The number of ether oxygens (including phenoxy) is 1. The Morgan fingerprint density at radius 1 is 1.36 bits per heavy atom. The molecule has 0 fully saturated rings. The number of carbonyl (C=O) groups excluding carboxylic acids is 1. The third kappa shape index (κ3) is 4.25. The molecule has 5 heteroatoms. The molecule has 0 aliphatic rings. The molecular weight excluding hydrogens is 278 g/mol. The maximum Gasteiger partial charge on any atom is 0.255 e. The van der Waals surface area contributed by atoms with Crippen molar-refractivity contribution in [3.05, 3.63) is 53.7 Å². The SMILES string of the molecule is CC#CCOc1cccc(CNC(=O)c2cccnc2N)c1.